The largest absolute Gasteiger partial charge is 0.497 e. The highest BCUT2D eigenvalue weighted by Crippen LogP contribution is 2.23. The van der Waals surface area contributed by atoms with Gasteiger partial charge in [-0.15, -0.1) is 11.3 Å². The average molecular weight is 425 g/mol. The molecule has 0 unspecified atom stereocenters. The molecule has 0 atom stereocenters. The van der Waals surface area contributed by atoms with Crippen LogP contribution in [0.4, 0.5) is 0 Å². The molecule has 158 valence electrons. The number of nitrogens with zero attached hydrogens (tertiary/aromatic N) is 2. The quantitative estimate of drug-likeness (QED) is 0.604. The van der Waals surface area contributed by atoms with Crippen molar-refractivity contribution in [2.75, 3.05) is 40.0 Å². The fourth-order valence-corrected chi connectivity index (χ4v) is 4.74. The van der Waals surface area contributed by atoms with Gasteiger partial charge in [-0.2, -0.15) is 0 Å². The van der Waals surface area contributed by atoms with Gasteiger partial charge in [0.15, 0.2) is 4.80 Å². The summed E-state index contributed by atoms with van der Waals surface area (Å²) in [6.45, 7) is 6.86. The zero-order valence-corrected chi connectivity index (χ0v) is 18.4. The van der Waals surface area contributed by atoms with Gasteiger partial charge in [0.25, 0.3) is 0 Å². The van der Waals surface area contributed by atoms with E-state index in [2.05, 4.69) is 46.3 Å². The van der Waals surface area contributed by atoms with E-state index in [-0.39, 0.29) is 0 Å². The van der Waals surface area contributed by atoms with Gasteiger partial charge in [0.05, 0.1) is 39.1 Å². The first-order valence-electron chi connectivity index (χ1n) is 10.6. The monoisotopic (exact) mass is 424 g/mol. The Morgan fingerprint density at radius 2 is 1.83 bits per heavy atom. The molecule has 0 saturated carbocycles. The van der Waals surface area contributed by atoms with Crippen LogP contribution in [0.3, 0.4) is 0 Å². The van der Waals surface area contributed by atoms with E-state index in [1.54, 1.807) is 23.3 Å². The van der Waals surface area contributed by atoms with E-state index in [0.29, 0.717) is 6.54 Å². The number of methoxy groups -OCH3 is 1. The second-order valence-electron chi connectivity index (χ2n) is 7.55. The Morgan fingerprint density at radius 3 is 2.57 bits per heavy atom. The number of thiazole rings is 1. The molecule has 0 radical (unpaired) electrons. The van der Waals surface area contributed by atoms with E-state index in [0.717, 1.165) is 49.8 Å². The van der Waals surface area contributed by atoms with Crippen LogP contribution in [-0.4, -0.2) is 44.5 Å². The average Bonchev–Trinajstić information content (AvgIpc) is 3.22. The van der Waals surface area contributed by atoms with Crippen molar-refractivity contribution in [3.8, 4) is 17.0 Å². The molecule has 30 heavy (non-hydrogen) atoms. The molecule has 1 aliphatic heterocycles. The zero-order chi connectivity index (χ0) is 20.6. The first-order valence-corrected chi connectivity index (χ1v) is 11.5. The van der Waals surface area contributed by atoms with Crippen molar-refractivity contribution in [3.05, 3.63) is 70.3 Å². The van der Waals surface area contributed by atoms with Crippen molar-refractivity contribution < 1.29 is 14.4 Å². The summed E-state index contributed by atoms with van der Waals surface area (Å²) in [5, 5.41) is 2.23. The molecule has 0 aliphatic carbocycles. The van der Waals surface area contributed by atoms with Crippen LogP contribution >= 0.6 is 11.3 Å². The molecule has 1 N–H and O–H groups in total. The summed E-state index contributed by atoms with van der Waals surface area (Å²) in [7, 11) is 1.70. The standard InChI is InChI=1S/C24H29N3O2S/c1-28-22-10-8-21(9-11-22)23-19-30-24(25-18-20-6-3-2-4-7-20)27(23)13-5-12-26-14-16-29-17-15-26/h2-4,6-11,19H,5,12-18H2,1H3/p+1. The molecule has 1 aliphatic rings. The Labute approximate surface area is 182 Å². The van der Waals surface area contributed by atoms with Gasteiger partial charge in [-0.25, -0.2) is 0 Å². The number of hydrogen-bond donors (Lipinski definition) is 1. The van der Waals surface area contributed by atoms with Crippen molar-refractivity contribution in [1.29, 1.82) is 0 Å². The minimum Gasteiger partial charge on any atom is -0.497 e. The van der Waals surface area contributed by atoms with Gasteiger partial charge in [-0.05, 0) is 35.4 Å². The fraction of sp³-hybridized carbons (Fsp3) is 0.375. The fourth-order valence-electron chi connectivity index (χ4n) is 3.80. The number of ether oxygens (including phenoxy) is 2. The van der Waals surface area contributed by atoms with E-state index < -0.39 is 0 Å². The van der Waals surface area contributed by atoms with Crippen molar-refractivity contribution in [1.82, 2.24) is 4.57 Å². The van der Waals surface area contributed by atoms with Crippen LogP contribution in [0.15, 0.2) is 65.0 Å². The van der Waals surface area contributed by atoms with Gasteiger partial charge in [-0.3, -0.25) is 4.99 Å². The summed E-state index contributed by atoms with van der Waals surface area (Å²) in [4.78, 5) is 7.68. The van der Waals surface area contributed by atoms with Crippen molar-refractivity contribution >= 4 is 11.3 Å². The van der Waals surface area contributed by atoms with Crippen LogP contribution in [0.1, 0.15) is 12.0 Å². The first kappa shape index (κ1) is 20.8. The third-order valence-electron chi connectivity index (χ3n) is 5.54. The Balaban J connectivity index is 1.56. The van der Waals surface area contributed by atoms with E-state index in [1.807, 2.05) is 18.2 Å². The van der Waals surface area contributed by atoms with Crippen LogP contribution < -0.4 is 14.4 Å². The predicted octanol–water partition coefficient (Wildman–Crippen LogP) is 2.63. The number of hydrogen-bond acceptors (Lipinski definition) is 4. The van der Waals surface area contributed by atoms with Crippen LogP contribution in [0.25, 0.3) is 11.3 Å². The van der Waals surface area contributed by atoms with Gasteiger partial charge in [-0.1, -0.05) is 30.3 Å². The van der Waals surface area contributed by atoms with E-state index >= 15 is 0 Å². The van der Waals surface area contributed by atoms with Gasteiger partial charge in [0, 0.05) is 18.3 Å². The smallest absolute Gasteiger partial charge is 0.185 e. The molecule has 1 fully saturated rings. The molecule has 1 aromatic heterocycles. The maximum absolute atomic E-state index is 5.49. The lowest BCUT2D eigenvalue weighted by molar-refractivity contribution is -0.908. The third kappa shape index (κ3) is 5.39. The van der Waals surface area contributed by atoms with Crippen molar-refractivity contribution in [3.63, 3.8) is 0 Å². The maximum atomic E-state index is 5.49. The number of morpholine rings is 1. The van der Waals surface area contributed by atoms with Crippen molar-refractivity contribution in [2.24, 2.45) is 4.99 Å². The number of benzene rings is 2. The Hall–Kier alpha value is -2.41. The molecular weight excluding hydrogens is 394 g/mol. The molecule has 0 spiro atoms. The van der Waals surface area contributed by atoms with E-state index in [1.165, 1.54) is 23.4 Å². The Kier molecular flexibility index (Phi) is 7.34. The third-order valence-corrected chi connectivity index (χ3v) is 6.44. The van der Waals surface area contributed by atoms with E-state index in [4.69, 9.17) is 14.5 Å². The van der Waals surface area contributed by atoms with Gasteiger partial charge < -0.3 is 18.9 Å². The maximum Gasteiger partial charge on any atom is 0.185 e. The molecule has 0 amide bonds. The topological polar surface area (TPSA) is 40.2 Å². The summed E-state index contributed by atoms with van der Waals surface area (Å²) in [5.74, 6) is 0.880. The molecule has 2 aromatic carbocycles. The molecule has 5 nitrogen and oxygen atoms in total. The van der Waals surface area contributed by atoms with E-state index in [9.17, 15) is 0 Å². The first-order chi connectivity index (χ1) is 14.8. The molecule has 1 saturated heterocycles. The zero-order valence-electron chi connectivity index (χ0n) is 17.5. The second-order valence-corrected chi connectivity index (χ2v) is 8.39. The predicted molar refractivity (Wildman–Crippen MR) is 121 cm³/mol. The number of quaternary nitrogens is 1. The SMILES string of the molecule is COc1ccc(-c2csc(=NCc3ccccc3)n2CCC[NH+]2CCOCC2)cc1. The number of nitrogens with one attached hydrogen (secondary N) is 1. The molecule has 3 aromatic rings. The minimum absolute atomic E-state index is 0.706. The van der Waals surface area contributed by atoms with Crippen LogP contribution in [0, 0.1) is 0 Å². The van der Waals surface area contributed by atoms with Crippen LogP contribution in [0.2, 0.25) is 0 Å². The molecule has 0 bridgehead atoms. The highest BCUT2D eigenvalue weighted by molar-refractivity contribution is 7.07. The summed E-state index contributed by atoms with van der Waals surface area (Å²) < 4.78 is 13.2. The highest BCUT2D eigenvalue weighted by atomic mass is 32.1. The minimum atomic E-state index is 0.706. The van der Waals surface area contributed by atoms with Crippen LogP contribution in [-0.2, 0) is 17.8 Å². The summed E-state index contributed by atoms with van der Waals surface area (Å²) >= 11 is 1.72. The van der Waals surface area contributed by atoms with Crippen LogP contribution in [0.5, 0.6) is 5.75 Å². The summed E-state index contributed by atoms with van der Waals surface area (Å²) in [6.07, 6.45) is 1.13. The highest BCUT2D eigenvalue weighted by Gasteiger charge is 2.14. The number of aromatic nitrogens is 1. The lowest BCUT2D eigenvalue weighted by atomic mass is 10.1. The number of rotatable bonds is 8. The second kappa shape index (κ2) is 10.6. The Bertz CT molecular complexity index is 974. The molecule has 6 heteroatoms. The Morgan fingerprint density at radius 1 is 1.07 bits per heavy atom. The van der Waals surface area contributed by atoms with Gasteiger partial charge >= 0.3 is 0 Å². The molecule has 2 heterocycles. The van der Waals surface area contributed by atoms with Crippen molar-refractivity contribution in [2.45, 2.75) is 19.5 Å². The van der Waals surface area contributed by atoms with Gasteiger partial charge in [0.1, 0.15) is 18.8 Å². The molecule has 4 rings (SSSR count). The lowest BCUT2D eigenvalue weighted by Crippen LogP contribution is -3.14. The molecular formula is C24H30N3O2S+. The lowest BCUT2D eigenvalue weighted by Gasteiger charge is -2.23. The summed E-state index contributed by atoms with van der Waals surface area (Å²) in [6, 6.07) is 18.8. The normalized spacial score (nSPS) is 15.4. The summed E-state index contributed by atoms with van der Waals surface area (Å²) in [5.41, 5.74) is 3.67. The van der Waals surface area contributed by atoms with Gasteiger partial charge in [0.2, 0.25) is 0 Å².